The second kappa shape index (κ2) is 8.01. The van der Waals surface area contributed by atoms with E-state index in [2.05, 4.69) is 15.3 Å². The molecule has 1 aliphatic rings. The summed E-state index contributed by atoms with van der Waals surface area (Å²) < 4.78 is 5.88. The minimum Gasteiger partial charge on any atom is -0.487 e. The van der Waals surface area contributed by atoms with Crippen molar-refractivity contribution in [3.63, 3.8) is 0 Å². The Labute approximate surface area is 178 Å². The number of hydrogen-bond acceptors (Lipinski definition) is 5. The van der Waals surface area contributed by atoms with Crippen LogP contribution in [0.4, 0.5) is 11.5 Å². The van der Waals surface area contributed by atoms with Crippen LogP contribution in [-0.4, -0.2) is 9.97 Å². The first-order valence-corrected chi connectivity index (χ1v) is 11.0. The summed E-state index contributed by atoms with van der Waals surface area (Å²) in [6.07, 6.45) is 6.37. The maximum Gasteiger partial charge on any atom is 0.142 e. The third-order valence-corrected chi connectivity index (χ3v) is 6.68. The molecule has 1 N–H and O–H groups in total. The van der Waals surface area contributed by atoms with Crippen LogP contribution in [0.15, 0.2) is 54.9 Å². The van der Waals surface area contributed by atoms with E-state index in [0.29, 0.717) is 17.4 Å². The van der Waals surface area contributed by atoms with Crippen LogP contribution in [0.1, 0.15) is 28.8 Å². The smallest absolute Gasteiger partial charge is 0.142 e. The fourth-order valence-corrected chi connectivity index (χ4v) is 5.22. The van der Waals surface area contributed by atoms with Gasteiger partial charge >= 0.3 is 0 Å². The van der Waals surface area contributed by atoms with E-state index in [0.717, 1.165) is 40.1 Å². The first-order valence-electron chi connectivity index (χ1n) is 9.76. The van der Waals surface area contributed by atoms with Crippen LogP contribution in [-0.2, 0) is 19.4 Å². The molecular weight excluding hydrogens is 402 g/mol. The van der Waals surface area contributed by atoms with Crippen molar-refractivity contribution in [2.45, 2.75) is 32.3 Å². The van der Waals surface area contributed by atoms with Crippen LogP contribution in [0.2, 0.25) is 5.02 Å². The maximum atomic E-state index is 6.48. The maximum absolute atomic E-state index is 6.48. The fraction of sp³-hybridized carbons (Fsp3) is 0.217. The van der Waals surface area contributed by atoms with Crippen molar-refractivity contribution in [2.75, 3.05) is 5.32 Å². The zero-order chi connectivity index (χ0) is 19.6. The molecule has 6 heteroatoms. The van der Waals surface area contributed by atoms with Crippen LogP contribution >= 0.6 is 22.9 Å². The number of hydrogen-bond donors (Lipinski definition) is 1. The molecule has 5 rings (SSSR count). The van der Waals surface area contributed by atoms with E-state index in [1.54, 1.807) is 17.7 Å². The Hall–Kier alpha value is -2.63. The second-order valence-electron chi connectivity index (χ2n) is 7.16. The van der Waals surface area contributed by atoms with Crippen molar-refractivity contribution in [1.29, 1.82) is 0 Å². The van der Waals surface area contributed by atoms with E-state index in [9.17, 15) is 0 Å². The number of halogens is 1. The van der Waals surface area contributed by atoms with Crippen LogP contribution in [0, 0.1) is 0 Å². The Morgan fingerprint density at radius 1 is 1.03 bits per heavy atom. The molecule has 4 aromatic rings. The number of ether oxygens (including phenoxy) is 1. The van der Waals surface area contributed by atoms with Gasteiger partial charge in [0, 0.05) is 10.6 Å². The van der Waals surface area contributed by atoms with Gasteiger partial charge in [0.05, 0.1) is 10.4 Å². The van der Waals surface area contributed by atoms with Crippen LogP contribution < -0.4 is 10.1 Å². The summed E-state index contributed by atoms with van der Waals surface area (Å²) in [5.41, 5.74) is 3.41. The molecule has 0 radical (unpaired) electrons. The van der Waals surface area contributed by atoms with E-state index in [4.69, 9.17) is 16.3 Å². The van der Waals surface area contributed by atoms with Gasteiger partial charge in [-0.1, -0.05) is 41.9 Å². The molecule has 29 heavy (non-hydrogen) atoms. The molecule has 2 aromatic heterocycles. The molecule has 0 spiro atoms. The topological polar surface area (TPSA) is 47.0 Å². The quantitative estimate of drug-likeness (QED) is 0.397. The normalized spacial score (nSPS) is 13.3. The number of rotatable bonds is 5. The molecule has 0 saturated heterocycles. The van der Waals surface area contributed by atoms with Crippen LogP contribution in [0.3, 0.4) is 0 Å². The van der Waals surface area contributed by atoms with Crippen LogP contribution in [0.25, 0.3) is 10.2 Å². The van der Waals surface area contributed by atoms with Gasteiger partial charge in [0.15, 0.2) is 0 Å². The number of aryl methyl sites for hydroxylation is 2. The highest BCUT2D eigenvalue weighted by Gasteiger charge is 2.20. The Balaban J connectivity index is 1.38. The molecule has 0 aliphatic heterocycles. The predicted molar refractivity (Wildman–Crippen MR) is 120 cm³/mol. The standard InChI is InChI=1S/C23H20ClN3OS/c24-18-12-16(10-11-19(18)28-13-15-6-2-1-3-7-15)27-22-21-17-8-4-5-9-20(17)29-23(21)26-14-25-22/h1-3,6-7,10-12,14H,4-5,8-9,13H2,(H,25,26,27). The molecule has 146 valence electrons. The zero-order valence-electron chi connectivity index (χ0n) is 15.8. The minimum absolute atomic E-state index is 0.487. The zero-order valence-corrected chi connectivity index (χ0v) is 17.4. The van der Waals surface area contributed by atoms with Gasteiger partial charge < -0.3 is 10.1 Å². The van der Waals surface area contributed by atoms with E-state index in [-0.39, 0.29) is 0 Å². The van der Waals surface area contributed by atoms with Gasteiger partial charge in [0.1, 0.15) is 29.3 Å². The number of nitrogens with one attached hydrogen (secondary N) is 1. The summed E-state index contributed by atoms with van der Waals surface area (Å²) in [7, 11) is 0. The molecule has 0 atom stereocenters. The van der Waals surface area contributed by atoms with Gasteiger partial charge in [-0.3, -0.25) is 0 Å². The Kier molecular flexibility index (Phi) is 5.08. The van der Waals surface area contributed by atoms with Gasteiger partial charge in [-0.15, -0.1) is 11.3 Å². The Morgan fingerprint density at radius 3 is 2.76 bits per heavy atom. The van der Waals surface area contributed by atoms with E-state index in [1.807, 2.05) is 48.5 Å². The first kappa shape index (κ1) is 18.4. The van der Waals surface area contributed by atoms with Gasteiger partial charge in [-0.25, -0.2) is 9.97 Å². The van der Waals surface area contributed by atoms with Crippen molar-refractivity contribution in [3.8, 4) is 5.75 Å². The first-order chi connectivity index (χ1) is 14.3. The average molecular weight is 422 g/mol. The summed E-state index contributed by atoms with van der Waals surface area (Å²) in [6, 6.07) is 15.8. The van der Waals surface area contributed by atoms with Crippen molar-refractivity contribution < 1.29 is 4.74 Å². The summed E-state index contributed by atoms with van der Waals surface area (Å²) in [4.78, 5) is 11.5. The van der Waals surface area contributed by atoms with Crippen molar-refractivity contribution >= 4 is 44.7 Å². The highest BCUT2D eigenvalue weighted by Crippen LogP contribution is 2.39. The largest absolute Gasteiger partial charge is 0.487 e. The summed E-state index contributed by atoms with van der Waals surface area (Å²) in [5, 5.41) is 5.17. The van der Waals surface area contributed by atoms with Gasteiger partial charge in [0.2, 0.25) is 0 Å². The van der Waals surface area contributed by atoms with Crippen molar-refractivity contribution in [1.82, 2.24) is 9.97 Å². The summed E-state index contributed by atoms with van der Waals surface area (Å²) >= 11 is 8.28. The average Bonchev–Trinajstić information content (AvgIpc) is 3.13. The molecule has 0 saturated carbocycles. The highest BCUT2D eigenvalue weighted by molar-refractivity contribution is 7.19. The molecule has 2 heterocycles. The Morgan fingerprint density at radius 2 is 1.90 bits per heavy atom. The number of anilines is 2. The SMILES string of the molecule is Clc1cc(Nc2ncnc3sc4c(c23)CCCC4)ccc1OCc1ccccc1. The minimum atomic E-state index is 0.487. The number of thiophene rings is 1. The van der Waals surface area contributed by atoms with Crippen molar-refractivity contribution in [2.24, 2.45) is 0 Å². The van der Waals surface area contributed by atoms with Crippen molar-refractivity contribution in [3.05, 3.63) is 75.9 Å². The third-order valence-electron chi connectivity index (χ3n) is 5.18. The number of benzene rings is 2. The molecular formula is C23H20ClN3OS. The van der Waals surface area contributed by atoms with E-state index >= 15 is 0 Å². The molecule has 2 aromatic carbocycles. The molecule has 0 bridgehead atoms. The molecule has 4 nitrogen and oxygen atoms in total. The summed E-state index contributed by atoms with van der Waals surface area (Å²) in [6.45, 7) is 0.487. The van der Waals surface area contributed by atoms with Gasteiger partial charge in [-0.2, -0.15) is 0 Å². The van der Waals surface area contributed by atoms with Gasteiger partial charge in [0.25, 0.3) is 0 Å². The number of aromatic nitrogens is 2. The van der Waals surface area contributed by atoms with E-state index < -0.39 is 0 Å². The van der Waals surface area contributed by atoms with E-state index in [1.165, 1.54) is 23.3 Å². The number of nitrogens with zero attached hydrogens (tertiary/aromatic N) is 2. The lowest BCUT2D eigenvalue weighted by molar-refractivity contribution is 0.306. The second-order valence-corrected chi connectivity index (χ2v) is 8.65. The lowest BCUT2D eigenvalue weighted by Crippen LogP contribution is -2.01. The Bertz CT molecular complexity index is 1160. The monoisotopic (exact) mass is 421 g/mol. The fourth-order valence-electron chi connectivity index (χ4n) is 3.75. The van der Waals surface area contributed by atoms with Crippen LogP contribution in [0.5, 0.6) is 5.75 Å². The molecule has 0 fully saturated rings. The molecule has 0 amide bonds. The molecule has 0 unspecified atom stereocenters. The highest BCUT2D eigenvalue weighted by atomic mass is 35.5. The lowest BCUT2D eigenvalue weighted by atomic mass is 9.97. The number of fused-ring (bicyclic) bond motifs is 3. The van der Waals surface area contributed by atoms with Gasteiger partial charge in [-0.05, 0) is 55.0 Å². The lowest BCUT2D eigenvalue weighted by Gasteiger charge is -2.13. The predicted octanol–water partition coefficient (Wildman–Crippen LogP) is 6.55. The third kappa shape index (κ3) is 3.80. The molecule has 1 aliphatic carbocycles. The summed E-state index contributed by atoms with van der Waals surface area (Å²) in [5.74, 6) is 1.52.